The average molecular weight is 462 g/mol. The largest absolute Gasteiger partial charge is 0.493 e. The molecule has 0 unspecified atom stereocenters. The van der Waals surface area contributed by atoms with E-state index in [-0.39, 0.29) is 11.1 Å². The van der Waals surface area contributed by atoms with Crippen LogP contribution >= 0.6 is 11.6 Å². The number of nitrogens with zero attached hydrogens (tertiary/aromatic N) is 3. The van der Waals surface area contributed by atoms with Crippen LogP contribution in [0.2, 0.25) is 5.02 Å². The van der Waals surface area contributed by atoms with Crippen molar-refractivity contribution in [3.05, 3.63) is 47.5 Å². The minimum absolute atomic E-state index is 0.0190. The monoisotopic (exact) mass is 461 g/mol. The molecule has 2 heterocycles. The molecule has 1 saturated heterocycles. The summed E-state index contributed by atoms with van der Waals surface area (Å²) in [5, 5.41) is 13.7. The van der Waals surface area contributed by atoms with Gasteiger partial charge in [-0.1, -0.05) is 11.6 Å². The summed E-state index contributed by atoms with van der Waals surface area (Å²) in [7, 11) is 1.57. The van der Waals surface area contributed by atoms with Crippen LogP contribution in [0.1, 0.15) is 6.42 Å². The molecule has 1 aliphatic heterocycles. The molecular formula is C22H25ClFN5O3. The van der Waals surface area contributed by atoms with Gasteiger partial charge in [0.1, 0.15) is 18.0 Å². The zero-order chi connectivity index (χ0) is 22.7. The summed E-state index contributed by atoms with van der Waals surface area (Å²) in [6.45, 7) is 2.51. The molecule has 1 aliphatic rings. The quantitative estimate of drug-likeness (QED) is 0.440. The number of rotatable bonds is 8. The number of anilines is 2. The zero-order valence-electron chi connectivity index (χ0n) is 17.6. The summed E-state index contributed by atoms with van der Waals surface area (Å²) in [6.07, 6.45) is 1.73. The molecule has 1 fully saturated rings. The molecule has 0 aliphatic carbocycles. The molecule has 10 heteroatoms. The van der Waals surface area contributed by atoms with Crippen molar-refractivity contribution in [2.24, 2.45) is 5.73 Å². The van der Waals surface area contributed by atoms with Crippen molar-refractivity contribution in [3.8, 4) is 11.5 Å². The predicted octanol–water partition coefficient (Wildman–Crippen LogP) is 2.95. The van der Waals surface area contributed by atoms with Gasteiger partial charge in [-0.25, -0.2) is 14.4 Å². The molecule has 32 heavy (non-hydrogen) atoms. The second-order valence-corrected chi connectivity index (χ2v) is 8.10. The van der Waals surface area contributed by atoms with Gasteiger partial charge in [0.05, 0.1) is 30.4 Å². The van der Waals surface area contributed by atoms with E-state index in [0.717, 1.165) is 18.4 Å². The normalized spacial score (nSPS) is 18.8. The van der Waals surface area contributed by atoms with E-state index in [9.17, 15) is 9.50 Å². The molecular weight excluding hydrogens is 437 g/mol. The highest BCUT2D eigenvalue weighted by atomic mass is 35.5. The Morgan fingerprint density at radius 3 is 2.81 bits per heavy atom. The van der Waals surface area contributed by atoms with E-state index in [1.165, 1.54) is 18.5 Å². The Bertz CT molecular complexity index is 1090. The van der Waals surface area contributed by atoms with Gasteiger partial charge in [0.15, 0.2) is 11.5 Å². The molecule has 4 rings (SSSR count). The van der Waals surface area contributed by atoms with Crippen LogP contribution in [0.3, 0.4) is 0 Å². The Balaban J connectivity index is 1.49. The molecule has 0 radical (unpaired) electrons. The number of hydrogen-bond acceptors (Lipinski definition) is 8. The number of aromatic nitrogens is 2. The maximum atomic E-state index is 13.5. The molecule has 1 aromatic heterocycles. The first-order valence-electron chi connectivity index (χ1n) is 10.3. The fourth-order valence-corrected chi connectivity index (χ4v) is 3.87. The number of nitrogens with two attached hydrogens (primary N) is 1. The third kappa shape index (κ3) is 5.02. The zero-order valence-corrected chi connectivity index (χ0v) is 18.3. The first-order chi connectivity index (χ1) is 15.4. The van der Waals surface area contributed by atoms with E-state index in [1.54, 1.807) is 19.2 Å². The van der Waals surface area contributed by atoms with E-state index < -0.39 is 11.9 Å². The Kier molecular flexibility index (Phi) is 6.90. The highest BCUT2D eigenvalue weighted by Crippen LogP contribution is 2.35. The van der Waals surface area contributed by atoms with Gasteiger partial charge >= 0.3 is 0 Å². The summed E-state index contributed by atoms with van der Waals surface area (Å²) in [5.41, 5.74) is 7.12. The Morgan fingerprint density at radius 1 is 1.25 bits per heavy atom. The molecule has 170 valence electrons. The molecule has 2 atom stereocenters. The molecule has 0 bridgehead atoms. The summed E-state index contributed by atoms with van der Waals surface area (Å²) in [6, 6.07) is 7.77. The van der Waals surface area contributed by atoms with Crippen molar-refractivity contribution >= 4 is 34.0 Å². The van der Waals surface area contributed by atoms with Gasteiger partial charge in [0.25, 0.3) is 0 Å². The van der Waals surface area contributed by atoms with Gasteiger partial charge < -0.3 is 25.6 Å². The van der Waals surface area contributed by atoms with Crippen molar-refractivity contribution in [3.63, 3.8) is 0 Å². The van der Waals surface area contributed by atoms with Gasteiger partial charge in [-0.3, -0.25) is 4.90 Å². The van der Waals surface area contributed by atoms with Crippen LogP contribution in [0.5, 0.6) is 11.5 Å². The maximum Gasteiger partial charge on any atom is 0.162 e. The molecule has 0 spiro atoms. The van der Waals surface area contributed by atoms with Crippen molar-refractivity contribution in [2.75, 3.05) is 38.7 Å². The number of fused-ring (bicyclic) bond motifs is 1. The fourth-order valence-electron chi connectivity index (χ4n) is 3.69. The summed E-state index contributed by atoms with van der Waals surface area (Å²) in [5.74, 6) is 1.17. The molecule has 0 saturated carbocycles. The average Bonchev–Trinajstić information content (AvgIpc) is 3.10. The lowest BCUT2D eigenvalue weighted by Gasteiger charge is -2.16. The van der Waals surface area contributed by atoms with E-state index in [4.69, 9.17) is 26.8 Å². The van der Waals surface area contributed by atoms with Gasteiger partial charge in [-0.2, -0.15) is 0 Å². The number of hydrogen-bond donors (Lipinski definition) is 3. The maximum absolute atomic E-state index is 13.5. The van der Waals surface area contributed by atoms with Crippen LogP contribution in [0, 0.1) is 5.82 Å². The van der Waals surface area contributed by atoms with Crippen LogP contribution in [-0.4, -0.2) is 65.5 Å². The number of methoxy groups -OCH3 is 1. The van der Waals surface area contributed by atoms with Crippen LogP contribution in [0.15, 0.2) is 36.7 Å². The van der Waals surface area contributed by atoms with Crippen LogP contribution < -0.4 is 20.5 Å². The number of β-amino-alcohol motifs (C(OH)–C–C–N with tert-alkyl or cyclic N) is 1. The lowest BCUT2D eigenvalue weighted by atomic mass is 10.2. The predicted molar refractivity (Wildman–Crippen MR) is 121 cm³/mol. The molecule has 0 amide bonds. The second-order valence-electron chi connectivity index (χ2n) is 7.69. The first kappa shape index (κ1) is 22.5. The Labute approximate surface area is 190 Å². The number of benzene rings is 2. The second kappa shape index (κ2) is 9.83. The van der Waals surface area contributed by atoms with Gasteiger partial charge in [-0.05, 0) is 30.7 Å². The van der Waals surface area contributed by atoms with Crippen LogP contribution in [0.25, 0.3) is 10.9 Å². The van der Waals surface area contributed by atoms with E-state index in [1.807, 2.05) is 6.07 Å². The van der Waals surface area contributed by atoms with Gasteiger partial charge in [0, 0.05) is 42.8 Å². The standard InChI is InChI=1S/C22H25ClFN5O3/c1-31-20-9-18-14(8-21(20)32-6-2-5-29-10-17(25)19(30)11-29)22(27-12-26-18)28-13-3-4-16(24)15(23)7-13/h3-4,7-9,12,17,19,30H,2,5-6,10-11,25H2,1H3,(H,26,27,28)/t17-,19-/m0/s1. The van der Waals surface area contributed by atoms with Gasteiger partial charge in [-0.15, -0.1) is 0 Å². The van der Waals surface area contributed by atoms with Crippen LogP contribution in [-0.2, 0) is 0 Å². The number of likely N-dealkylation sites (tertiary alicyclic amines) is 1. The number of ether oxygens (including phenoxy) is 2. The SMILES string of the molecule is COc1cc2ncnc(Nc3ccc(F)c(Cl)c3)c2cc1OCCCN1C[C@H](N)[C@@H](O)C1. The highest BCUT2D eigenvalue weighted by Gasteiger charge is 2.27. The molecule has 3 aromatic rings. The summed E-state index contributed by atoms with van der Waals surface area (Å²) < 4.78 is 24.9. The lowest BCUT2D eigenvalue weighted by Crippen LogP contribution is -2.32. The number of halogens is 2. The van der Waals surface area contributed by atoms with Gasteiger partial charge in [0.2, 0.25) is 0 Å². The number of aliphatic hydroxyl groups is 1. The van der Waals surface area contributed by atoms with Crippen LogP contribution in [0.4, 0.5) is 15.9 Å². The van der Waals surface area contributed by atoms with Crippen molar-refractivity contribution in [2.45, 2.75) is 18.6 Å². The third-order valence-electron chi connectivity index (χ3n) is 5.39. The molecule has 4 N–H and O–H groups in total. The smallest absolute Gasteiger partial charge is 0.162 e. The number of aliphatic hydroxyl groups excluding tert-OH is 1. The number of nitrogens with one attached hydrogen (secondary N) is 1. The molecule has 8 nitrogen and oxygen atoms in total. The minimum Gasteiger partial charge on any atom is -0.493 e. The summed E-state index contributed by atoms with van der Waals surface area (Å²) in [4.78, 5) is 10.8. The van der Waals surface area contributed by atoms with E-state index in [0.29, 0.717) is 48.2 Å². The highest BCUT2D eigenvalue weighted by molar-refractivity contribution is 6.31. The third-order valence-corrected chi connectivity index (χ3v) is 5.68. The topological polar surface area (TPSA) is 106 Å². The Morgan fingerprint density at radius 2 is 2.09 bits per heavy atom. The first-order valence-corrected chi connectivity index (χ1v) is 10.7. The van der Waals surface area contributed by atoms with Crippen molar-refractivity contribution < 1.29 is 19.0 Å². The van der Waals surface area contributed by atoms with E-state index in [2.05, 4.69) is 20.2 Å². The Hall–Kier alpha value is -2.72. The van der Waals surface area contributed by atoms with E-state index >= 15 is 0 Å². The summed E-state index contributed by atoms with van der Waals surface area (Å²) >= 11 is 5.89. The van der Waals surface area contributed by atoms with Crippen molar-refractivity contribution in [1.82, 2.24) is 14.9 Å². The lowest BCUT2D eigenvalue weighted by molar-refractivity contribution is 0.163. The fraction of sp³-hybridized carbons (Fsp3) is 0.364. The molecule has 2 aromatic carbocycles. The van der Waals surface area contributed by atoms with Crippen molar-refractivity contribution in [1.29, 1.82) is 0 Å². The minimum atomic E-state index is -0.490.